The van der Waals surface area contributed by atoms with Gasteiger partial charge in [0.2, 0.25) is 5.92 Å². The maximum atomic E-state index is 13.4. The molecule has 0 saturated heterocycles. The van der Waals surface area contributed by atoms with Crippen molar-refractivity contribution in [2.75, 3.05) is 11.6 Å². The highest BCUT2D eigenvalue weighted by molar-refractivity contribution is 7.90. The second kappa shape index (κ2) is 6.29. The van der Waals surface area contributed by atoms with E-state index < -0.39 is 15.8 Å². The molecule has 1 aromatic carbocycles. The molecule has 0 aliphatic heterocycles. The second-order valence-electron chi connectivity index (χ2n) is 8.02. The third-order valence-electron chi connectivity index (χ3n) is 5.87. The van der Waals surface area contributed by atoms with E-state index in [0.29, 0.717) is 18.5 Å². The molecule has 1 aromatic heterocycles. The molecule has 0 amide bonds. The molecule has 2 fully saturated rings. The Morgan fingerprint density at radius 1 is 1.15 bits per heavy atom. The van der Waals surface area contributed by atoms with Gasteiger partial charge in [-0.15, -0.1) is 0 Å². The summed E-state index contributed by atoms with van der Waals surface area (Å²) in [5, 5.41) is 7.68. The molecule has 2 aliphatic carbocycles. The topological polar surface area (TPSA) is 64.0 Å². The Morgan fingerprint density at radius 2 is 1.81 bits per heavy atom. The molecule has 2 aromatic rings. The van der Waals surface area contributed by atoms with Crippen molar-refractivity contribution < 1.29 is 17.2 Å². The zero-order chi connectivity index (χ0) is 19.3. The molecule has 1 N–H and O–H groups in total. The average Bonchev–Trinajstić information content (AvgIpc) is 3.03. The number of para-hydroxylation sites is 1. The van der Waals surface area contributed by atoms with E-state index in [1.807, 2.05) is 0 Å². The summed E-state index contributed by atoms with van der Waals surface area (Å²) in [6.07, 6.45) is 7.60. The summed E-state index contributed by atoms with van der Waals surface area (Å²) < 4.78 is 52.2. The van der Waals surface area contributed by atoms with Crippen LogP contribution in [-0.4, -0.2) is 36.4 Å². The molecule has 0 bridgehead atoms. The van der Waals surface area contributed by atoms with Crippen molar-refractivity contribution in [1.82, 2.24) is 9.78 Å². The largest absolute Gasteiger partial charge is 0.380 e. The minimum atomic E-state index is -3.36. The van der Waals surface area contributed by atoms with Crippen LogP contribution in [0.25, 0.3) is 5.69 Å². The van der Waals surface area contributed by atoms with Crippen LogP contribution >= 0.6 is 0 Å². The highest BCUT2D eigenvalue weighted by Gasteiger charge is 2.50. The van der Waals surface area contributed by atoms with E-state index in [1.165, 1.54) is 6.26 Å². The number of nitrogens with zero attached hydrogens (tertiary/aromatic N) is 2. The highest BCUT2D eigenvalue weighted by atomic mass is 32.2. The van der Waals surface area contributed by atoms with E-state index in [1.54, 1.807) is 41.3 Å². The molecular formula is C19H23F2N3O2S. The van der Waals surface area contributed by atoms with Crippen LogP contribution in [-0.2, 0) is 9.84 Å². The molecule has 4 rings (SSSR count). The normalized spacial score (nSPS) is 21.7. The van der Waals surface area contributed by atoms with Gasteiger partial charge in [0.15, 0.2) is 9.84 Å². The third kappa shape index (κ3) is 3.72. The molecule has 8 heteroatoms. The van der Waals surface area contributed by atoms with Crippen molar-refractivity contribution in [2.45, 2.75) is 55.4 Å². The summed E-state index contributed by atoms with van der Waals surface area (Å²) >= 11 is 0. The Kier molecular flexibility index (Phi) is 4.29. The van der Waals surface area contributed by atoms with Crippen LogP contribution in [0.15, 0.2) is 41.6 Å². The molecular weight excluding hydrogens is 372 g/mol. The first-order valence-corrected chi connectivity index (χ1v) is 11.0. The Bertz CT molecular complexity index is 937. The lowest BCUT2D eigenvalue weighted by molar-refractivity contribution is -0.0889. The van der Waals surface area contributed by atoms with E-state index in [4.69, 9.17) is 0 Å². The fraction of sp³-hybridized carbons (Fsp3) is 0.526. The minimum Gasteiger partial charge on any atom is -0.380 e. The van der Waals surface area contributed by atoms with Crippen molar-refractivity contribution in [2.24, 2.45) is 5.41 Å². The first-order chi connectivity index (χ1) is 12.7. The summed E-state index contributed by atoms with van der Waals surface area (Å²) in [5.41, 5.74) is 1.38. The molecule has 2 saturated carbocycles. The Balaban J connectivity index is 1.42. The maximum absolute atomic E-state index is 13.4. The number of hydrogen-bond acceptors (Lipinski definition) is 4. The Hall–Kier alpha value is -1.96. The van der Waals surface area contributed by atoms with Crippen LogP contribution in [0.2, 0.25) is 0 Å². The number of hydrogen-bond donors (Lipinski definition) is 1. The predicted octanol–water partition coefficient (Wildman–Crippen LogP) is 4.05. The number of rotatable bonds is 4. The van der Waals surface area contributed by atoms with Crippen LogP contribution in [0.3, 0.4) is 0 Å². The number of alkyl halides is 2. The lowest BCUT2D eigenvalue weighted by Gasteiger charge is -2.51. The van der Waals surface area contributed by atoms with Gasteiger partial charge in [-0.25, -0.2) is 21.9 Å². The number of anilines is 1. The van der Waals surface area contributed by atoms with Crippen LogP contribution in [0.1, 0.15) is 38.5 Å². The van der Waals surface area contributed by atoms with Gasteiger partial charge in [0, 0.05) is 25.1 Å². The van der Waals surface area contributed by atoms with Gasteiger partial charge in [-0.05, 0) is 43.2 Å². The number of halogens is 2. The third-order valence-corrected chi connectivity index (χ3v) is 7.01. The standard InChI is InChI=1S/C19H23F2N3O2S/c1-27(25,26)17-5-3-2-4-16(17)24-13-15(12-22-24)23-14-10-18(11-14)6-8-19(20,21)9-7-18/h2-5,12-14,23H,6-11H2,1H3. The van der Waals surface area contributed by atoms with E-state index in [-0.39, 0.29) is 29.2 Å². The highest BCUT2D eigenvalue weighted by Crippen LogP contribution is 2.55. The van der Waals surface area contributed by atoms with Crippen LogP contribution in [0, 0.1) is 5.41 Å². The number of aromatic nitrogens is 2. The zero-order valence-corrected chi connectivity index (χ0v) is 16.0. The second-order valence-corrected chi connectivity index (χ2v) is 10.0. The van der Waals surface area contributed by atoms with E-state index >= 15 is 0 Å². The molecule has 1 spiro atoms. The van der Waals surface area contributed by atoms with Crippen LogP contribution in [0.4, 0.5) is 14.5 Å². The van der Waals surface area contributed by atoms with Crippen LogP contribution < -0.4 is 5.32 Å². The van der Waals surface area contributed by atoms with E-state index in [0.717, 1.165) is 18.5 Å². The monoisotopic (exact) mass is 395 g/mol. The first-order valence-electron chi connectivity index (χ1n) is 9.14. The van der Waals surface area contributed by atoms with Crippen LogP contribution in [0.5, 0.6) is 0 Å². The first kappa shape index (κ1) is 18.4. The molecule has 0 unspecified atom stereocenters. The Labute approximate surface area is 157 Å². The molecule has 5 nitrogen and oxygen atoms in total. The quantitative estimate of drug-likeness (QED) is 0.848. The number of nitrogens with one attached hydrogen (secondary N) is 1. The van der Waals surface area contributed by atoms with Crippen molar-refractivity contribution in [3.63, 3.8) is 0 Å². The smallest absolute Gasteiger partial charge is 0.248 e. The maximum Gasteiger partial charge on any atom is 0.248 e. The van der Waals surface area contributed by atoms with Crippen molar-refractivity contribution in [1.29, 1.82) is 0 Å². The molecule has 146 valence electrons. The molecule has 0 atom stereocenters. The zero-order valence-electron chi connectivity index (χ0n) is 15.2. The van der Waals surface area contributed by atoms with Gasteiger partial charge in [-0.1, -0.05) is 12.1 Å². The van der Waals surface area contributed by atoms with Gasteiger partial charge < -0.3 is 5.32 Å². The van der Waals surface area contributed by atoms with E-state index in [2.05, 4.69) is 10.4 Å². The van der Waals surface area contributed by atoms with Gasteiger partial charge >= 0.3 is 0 Å². The lowest BCUT2D eigenvalue weighted by Crippen LogP contribution is -2.48. The van der Waals surface area contributed by atoms with Gasteiger partial charge in [-0.3, -0.25) is 0 Å². The minimum absolute atomic E-state index is 0.0000712. The fourth-order valence-electron chi connectivity index (χ4n) is 4.37. The average molecular weight is 395 g/mol. The molecule has 1 heterocycles. The number of benzene rings is 1. The molecule has 27 heavy (non-hydrogen) atoms. The van der Waals surface area contributed by atoms with Crippen molar-refractivity contribution in [3.05, 3.63) is 36.7 Å². The summed E-state index contributed by atoms with van der Waals surface area (Å²) in [6.45, 7) is 0. The summed E-state index contributed by atoms with van der Waals surface area (Å²) in [6, 6.07) is 6.98. The SMILES string of the molecule is CS(=O)(=O)c1ccccc1-n1cc(NC2CC3(CCC(F)(F)CC3)C2)cn1. The summed E-state index contributed by atoms with van der Waals surface area (Å²) in [4.78, 5) is 0.227. The Morgan fingerprint density at radius 3 is 2.48 bits per heavy atom. The number of sulfone groups is 1. The predicted molar refractivity (Wildman–Crippen MR) is 99.2 cm³/mol. The van der Waals surface area contributed by atoms with Gasteiger partial charge in [-0.2, -0.15) is 5.10 Å². The van der Waals surface area contributed by atoms with Gasteiger partial charge in [0.05, 0.1) is 28.7 Å². The summed E-state index contributed by atoms with van der Waals surface area (Å²) in [5.74, 6) is -2.49. The van der Waals surface area contributed by atoms with Gasteiger partial charge in [0.25, 0.3) is 0 Å². The summed E-state index contributed by atoms with van der Waals surface area (Å²) in [7, 11) is -3.36. The van der Waals surface area contributed by atoms with Crippen molar-refractivity contribution >= 4 is 15.5 Å². The fourth-order valence-corrected chi connectivity index (χ4v) is 5.23. The molecule has 0 radical (unpaired) electrons. The molecule has 2 aliphatic rings. The van der Waals surface area contributed by atoms with E-state index in [9.17, 15) is 17.2 Å². The van der Waals surface area contributed by atoms with Crippen molar-refractivity contribution in [3.8, 4) is 5.69 Å². The lowest BCUT2D eigenvalue weighted by atomic mass is 9.58. The van der Waals surface area contributed by atoms with Gasteiger partial charge in [0.1, 0.15) is 0 Å².